The summed E-state index contributed by atoms with van der Waals surface area (Å²) >= 11 is 1.22. The predicted octanol–water partition coefficient (Wildman–Crippen LogP) is 3.25. The number of nitrogens with one attached hydrogen (secondary N) is 1. The molecule has 1 unspecified atom stereocenters. The van der Waals surface area contributed by atoms with E-state index in [1.54, 1.807) is 16.4 Å². The lowest BCUT2D eigenvalue weighted by Crippen LogP contribution is -2.40. The van der Waals surface area contributed by atoms with Crippen LogP contribution in [0.4, 0.5) is 8.78 Å². The third-order valence-corrected chi connectivity index (χ3v) is 5.70. The second kappa shape index (κ2) is 7.99. The summed E-state index contributed by atoms with van der Waals surface area (Å²) in [7, 11) is 1.83. The van der Waals surface area contributed by atoms with Crippen molar-refractivity contribution in [3.63, 3.8) is 0 Å². The summed E-state index contributed by atoms with van der Waals surface area (Å²) < 4.78 is 38.3. The number of rotatable bonds is 6. The lowest BCUT2D eigenvalue weighted by atomic mass is 9.81. The van der Waals surface area contributed by atoms with E-state index in [2.05, 4.69) is 24.9 Å². The molecular formula is C20H18F2N6O2S. The molecule has 4 rings (SSSR count). The maximum Gasteiger partial charge on any atom is 0.273 e. The van der Waals surface area contributed by atoms with E-state index < -0.39 is 23.0 Å². The fraction of sp³-hybridized carbons (Fsp3) is 0.250. The van der Waals surface area contributed by atoms with Gasteiger partial charge in [0.25, 0.3) is 5.91 Å². The van der Waals surface area contributed by atoms with Crippen LogP contribution in [0.2, 0.25) is 0 Å². The highest BCUT2D eigenvalue weighted by atomic mass is 32.1. The van der Waals surface area contributed by atoms with Crippen molar-refractivity contribution in [2.75, 3.05) is 6.54 Å². The molecule has 0 saturated carbocycles. The highest BCUT2D eigenvalue weighted by molar-refractivity contribution is 7.03. The largest absolute Gasteiger partial charge is 0.355 e. The van der Waals surface area contributed by atoms with Crippen molar-refractivity contribution in [1.29, 1.82) is 0 Å². The summed E-state index contributed by atoms with van der Waals surface area (Å²) in [6.45, 7) is 4.01. The number of aryl methyl sites for hydroxylation is 1. The summed E-state index contributed by atoms with van der Waals surface area (Å²) in [6, 6.07) is 4.37. The Kier molecular flexibility index (Phi) is 5.36. The van der Waals surface area contributed by atoms with E-state index in [0.29, 0.717) is 5.82 Å². The number of benzene rings is 1. The number of nitrogens with zero attached hydrogens (tertiary/aromatic N) is 5. The van der Waals surface area contributed by atoms with Gasteiger partial charge in [-0.15, -0.1) is 0 Å². The van der Waals surface area contributed by atoms with Crippen LogP contribution in [0.25, 0.3) is 11.3 Å². The van der Waals surface area contributed by atoms with Gasteiger partial charge in [-0.1, -0.05) is 5.16 Å². The molecular weight excluding hydrogens is 426 g/mol. The lowest BCUT2D eigenvalue weighted by molar-refractivity contribution is 0.0938. The average molecular weight is 444 g/mol. The second-order valence-electron chi connectivity index (χ2n) is 7.24. The number of aromatic nitrogens is 5. The Labute approximate surface area is 180 Å². The van der Waals surface area contributed by atoms with Crippen LogP contribution in [-0.2, 0) is 12.5 Å². The number of amides is 1. The van der Waals surface area contributed by atoms with Crippen LogP contribution in [0.15, 0.2) is 40.5 Å². The van der Waals surface area contributed by atoms with Crippen molar-refractivity contribution in [2.24, 2.45) is 7.05 Å². The minimum atomic E-state index is -0.808. The van der Waals surface area contributed by atoms with E-state index in [4.69, 9.17) is 4.52 Å². The van der Waals surface area contributed by atoms with Crippen molar-refractivity contribution in [1.82, 2.24) is 29.6 Å². The third kappa shape index (κ3) is 3.83. The van der Waals surface area contributed by atoms with Crippen LogP contribution in [-0.4, -0.2) is 36.7 Å². The molecule has 8 nitrogen and oxygen atoms in total. The fourth-order valence-electron chi connectivity index (χ4n) is 3.29. The molecule has 160 valence electrons. The van der Waals surface area contributed by atoms with E-state index in [0.717, 1.165) is 23.4 Å². The van der Waals surface area contributed by atoms with E-state index >= 15 is 0 Å². The molecule has 1 atom stereocenters. The SMILES string of the molecule is Cc1c(C(C)(CNC(=O)c2cc(-c3ccc(F)cc3F)on2)c2ncsn2)cnn1C. The molecule has 0 fully saturated rings. The van der Waals surface area contributed by atoms with Gasteiger partial charge in [-0.2, -0.15) is 9.47 Å². The quantitative estimate of drug-likeness (QED) is 0.490. The van der Waals surface area contributed by atoms with Gasteiger partial charge in [0.15, 0.2) is 17.3 Å². The van der Waals surface area contributed by atoms with Crippen LogP contribution >= 0.6 is 11.5 Å². The van der Waals surface area contributed by atoms with Gasteiger partial charge in [-0.25, -0.2) is 13.8 Å². The maximum absolute atomic E-state index is 14.0. The molecule has 1 N–H and O–H groups in total. The van der Waals surface area contributed by atoms with Crippen LogP contribution < -0.4 is 5.32 Å². The van der Waals surface area contributed by atoms with Crippen molar-refractivity contribution in [3.8, 4) is 11.3 Å². The zero-order chi connectivity index (χ0) is 22.2. The molecule has 0 spiro atoms. The van der Waals surface area contributed by atoms with Gasteiger partial charge in [0.05, 0.1) is 17.2 Å². The van der Waals surface area contributed by atoms with Gasteiger partial charge in [0, 0.05) is 37.0 Å². The Hall–Kier alpha value is -3.47. The van der Waals surface area contributed by atoms with Crippen molar-refractivity contribution < 1.29 is 18.1 Å². The molecule has 3 heterocycles. The van der Waals surface area contributed by atoms with Crippen LogP contribution in [0.5, 0.6) is 0 Å². The summed E-state index contributed by atoms with van der Waals surface area (Å²) in [5.41, 5.74) is 2.67. The highest BCUT2D eigenvalue weighted by Crippen LogP contribution is 2.32. The zero-order valence-electron chi connectivity index (χ0n) is 16.9. The van der Waals surface area contributed by atoms with Crippen molar-refractivity contribution >= 4 is 17.4 Å². The topological polar surface area (TPSA) is 98.7 Å². The number of carbonyl (C=O) groups is 1. The van der Waals surface area contributed by atoms with Gasteiger partial charge >= 0.3 is 0 Å². The normalized spacial score (nSPS) is 13.2. The summed E-state index contributed by atoms with van der Waals surface area (Å²) in [5, 5.41) is 10.8. The standard InChI is InChI=1S/C20H18F2N6O2S/c1-11-14(8-25-28(11)3)20(2,19-24-10-31-27-19)9-23-18(29)16-7-17(30-26-16)13-5-4-12(21)6-15(13)22/h4-8,10H,9H2,1-3H3,(H,23,29). The minimum absolute atomic E-state index is 0.00967. The Balaban J connectivity index is 1.57. The number of carbonyl (C=O) groups excluding carboxylic acids is 1. The molecule has 0 aliphatic rings. The Bertz CT molecular complexity index is 1240. The number of hydrogen-bond acceptors (Lipinski definition) is 7. The average Bonchev–Trinajstić information content (AvgIpc) is 3.49. The van der Waals surface area contributed by atoms with E-state index in [1.165, 1.54) is 23.7 Å². The zero-order valence-corrected chi connectivity index (χ0v) is 17.7. The van der Waals surface area contributed by atoms with Gasteiger partial charge in [0.2, 0.25) is 0 Å². The Morgan fingerprint density at radius 1 is 1.32 bits per heavy atom. The smallest absolute Gasteiger partial charge is 0.273 e. The van der Waals surface area contributed by atoms with Crippen LogP contribution in [0.1, 0.15) is 34.5 Å². The van der Waals surface area contributed by atoms with Crippen LogP contribution in [0, 0.1) is 18.6 Å². The predicted molar refractivity (Wildman–Crippen MR) is 108 cm³/mol. The van der Waals surface area contributed by atoms with Gasteiger partial charge in [-0.05, 0) is 37.5 Å². The Morgan fingerprint density at radius 2 is 2.13 bits per heavy atom. The molecule has 3 aromatic heterocycles. The minimum Gasteiger partial charge on any atom is -0.355 e. The monoisotopic (exact) mass is 444 g/mol. The van der Waals surface area contributed by atoms with Crippen molar-refractivity contribution in [2.45, 2.75) is 19.3 Å². The maximum atomic E-state index is 14.0. The first-order valence-corrected chi connectivity index (χ1v) is 10.1. The number of halogens is 2. The van der Waals surface area contributed by atoms with E-state index in [-0.39, 0.29) is 23.6 Å². The first-order valence-electron chi connectivity index (χ1n) is 9.26. The highest BCUT2D eigenvalue weighted by Gasteiger charge is 2.36. The molecule has 0 aliphatic carbocycles. The molecule has 1 amide bonds. The molecule has 11 heteroatoms. The molecule has 1 aromatic carbocycles. The van der Waals surface area contributed by atoms with Crippen molar-refractivity contribution in [3.05, 3.63) is 70.4 Å². The molecule has 0 bridgehead atoms. The van der Waals surface area contributed by atoms with Gasteiger partial charge in [-0.3, -0.25) is 9.48 Å². The van der Waals surface area contributed by atoms with Crippen LogP contribution in [0.3, 0.4) is 0 Å². The first kappa shape index (κ1) is 20.8. The first-order chi connectivity index (χ1) is 14.8. The van der Waals surface area contributed by atoms with Gasteiger partial charge in [0.1, 0.15) is 17.1 Å². The Morgan fingerprint density at radius 3 is 2.77 bits per heavy atom. The molecule has 4 aromatic rings. The summed E-state index contributed by atoms with van der Waals surface area (Å²) in [5.74, 6) is -1.45. The molecule has 0 radical (unpaired) electrons. The molecule has 0 saturated heterocycles. The molecule has 0 aliphatic heterocycles. The molecule has 31 heavy (non-hydrogen) atoms. The second-order valence-corrected chi connectivity index (χ2v) is 7.84. The third-order valence-electron chi connectivity index (χ3n) is 5.23. The van der Waals surface area contributed by atoms with E-state index in [9.17, 15) is 13.6 Å². The lowest BCUT2D eigenvalue weighted by Gasteiger charge is -2.26. The summed E-state index contributed by atoms with van der Waals surface area (Å²) in [4.78, 5) is 17.1. The summed E-state index contributed by atoms with van der Waals surface area (Å²) in [6.07, 6.45) is 1.73. The number of hydrogen-bond donors (Lipinski definition) is 1. The van der Waals surface area contributed by atoms with E-state index in [1.807, 2.05) is 20.9 Å². The van der Waals surface area contributed by atoms with Gasteiger partial charge < -0.3 is 9.84 Å². The fourth-order valence-corrected chi connectivity index (χ4v) is 3.84.